The molecular weight excluding hydrogens is 398 g/mol. The minimum Gasteiger partial charge on any atom is -0.372 e. The highest BCUT2D eigenvalue weighted by atomic mass is 32.2. The van der Waals surface area contributed by atoms with Crippen LogP contribution in [0, 0.1) is 12.8 Å². The first-order chi connectivity index (χ1) is 14.1. The minimum atomic E-state index is -3.41. The van der Waals surface area contributed by atoms with Crippen LogP contribution in [0.5, 0.6) is 0 Å². The van der Waals surface area contributed by atoms with Gasteiger partial charge in [-0.05, 0) is 68.0 Å². The number of nitrogens with one attached hydrogen (secondary N) is 2. The summed E-state index contributed by atoms with van der Waals surface area (Å²) in [6.07, 6.45) is 3.54. The average Bonchev–Trinajstić information content (AvgIpc) is 2.69. The second kappa shape index (κ2) is 9.08. The number of amides is 1. The molecule has 7 heteroatoms. The number of piperidine rings is 1. The molecule has 2 N–H and O–H groups in total. The molecular formula is C23H31N3O3S. The van der Waals surface area contributed by atoms with Gasteiger partial charge in [-0.3, -0.25) is 9.52 Å². The van der Waals surface area contributed by atoms with E-state index in [2.05, 4.69) is 46.1 Å². The quantitative estimate of drug-likeness (QED) is 0.725. The Bertz CT molecular complexity index is 995. The van der Waals surface area contributed by atoms with Crippen molar-refractivity contribution in [3.05, 3.63) is 59.2 Å². The Labute approximate surface area is 179 Å². The Morgan fingerprint density at radius 3 is 2.33 bits per heavy atom. The highest BCUT2D eigenvalue weighted by Crippen LogP contribution is 2.25. The largest absolute Gasteiger partial charge is 0.372 e. The van der Waals surface area contributed by atoms with Gasteiger partial charge in [-0.2, -0.15) is 0 Å². The normalized spacial score (nSPS) is 16.2. The van der Waals surface area contributed by atoms with E-state index >= 15 is 0 Å². The number of hydrogen-bond donors (Lipinski definition) is 2. The van der Waals surface area contributed by atoms with E-state index in [4.69, 9.17) is 0 Å². The van der Waals surface area contributed by atoms with Crippen LogP contribution in [0.25, 0.3) is 0 Å². The Morgan fingerprint density at radius 1 is 1.10 bits per heavy atom. The molecule has 3 rings (SSSR count). The molecule has 0 aliphatic carbocycles. The molecule has 1 atom stereocenters. The monoisotopic (exact) mass is 429 g/mol. The number of carbonyl (C=O) groups excluding carboxylic acids is 1. The number of benzene rings is 2. The lowest BCUT2D eigenvalue weighted by Gasteiger charge is -2.32. The predicted molar refractivity (Wildman–Crippen MR) is 123 cm³/mol. The lowest BCUT2D eigenvalue weighted by Crippen LogP contribution is -2.32. The molecule has 2 aromatic rings. The van der Waals surface area contributed by atoms with Crippen molar-refractivity contribution in [1.29, 1.82) is 0 Å². The van der Waals surface area contributed by atoms with E-state index in [1.54, 1.807) is 25.1 Å². The fraction of sp³-hybridized carbons (Fsp3) is 0.435. The third-order valence-electron chi connectivity index (χ3n) is 5.68. The van der Waals surface area contributed by atoms with Crippen LogP contribution in [0.15, 0.2) is 42.5 Å². The van der Waals surface area contributed by atoms with Crippen molar-refractivity contribution < 1.29 is 13.2 Å². The first-order valence-electron chi connectivity index (χ1n) is 10.4. The molecule has 0 spiro atoms. The molecule has 6 nitrogen and oxygen atoms in total. The fourth-order valence-electron chi connectivity index (χ4n) is 3.68. The molecule has 2 aromatic carbocycles. The molecule has 1 amide bonds. The molecule has 0 radical (unpaired) electrons. The molecule has 0 bridgehead atoms. The summed E-state index contributed by atoms with van der Waals surface area (Å²) in [5, 5.41) is 3.00. The number of carbonyl (C=O) groups is 1. The van der Waals surface area contributed by atoms with Crippen LogP contribution in [-0.4, -0.2) is 33.7 Å². The highest BCUT2D eigenvalue weighted by molar-refractivity contribution is 7.92. The van der Waals surface area contributed by atoms with Crippen molar-refractivity contribution in [2.45, 2.75) is 39.7 Å². The van der Waals surface area contributed by atoms with Crippen LogP contribution >= 0.6 is 0 Å². The number of hydrogen-bond acceptors (Lipinski definition) is 4. The van der Waals surface area contributed by atoms with Gasteiger partial charge in [-0.1, -0.05) is 25.1 Å². The van der Waals surface area contributed by atoms with E-state index < -0.39 is 10.0 Å². The first-order valence-corrected chi connectivity index (χ1v) is 12.3. The van der Waals surface area contributed by atoms with E-state index in [1.807, 2.05) is 6.92 Å². The van der Waals surface area contributed by atoms with Gasteiger partial charge in [0.15, 0.2) is 0 Å². The van der Waals surface area contributed by atoms with Gasteiger partial charge in [0.2, 0.25) is 10.0 Å². The first kappa shape index (κ1) is 22.2. The standard InChI is InChI=1S/C23H31N3O3S/c1-16-11-13-26(14-12-16)21-9-7-19(8-10-21)18(3)24-23(27)20-6-5-17(2)22(15-20)25-30(4,28)29/h5-10,15-16,18,25H,11-14H2,1-4H3,(H,24,27)/t18-/m0/s1. The number of aryl methyl sites for hydroxylation is 1. The zero-order chi connectivity index (χ0) is 21.9. The van der Waals surface area contributed by atoms with Crippen molar-refractivity contribution in [2.24, 2.45) is 5.92 Å². The molecule has 162 valence electrons. The molecule has 0 saturated carbocycles. The Kier molecular flexibility index (Phi) is 6.71. The van der Waals surface area contributed by atoms with Crippen molar-refractivity contribution in [2.75, 3.05) is 29.0 Å². The third-order valence-corrected chi connectivity index (χ3v) is 6.28. The van der Waals surface area contributed by atoms with Crippen molar-refractivity contribution in [1.82, 2.24) is 5.32 Å². The van der Waals surface area contributed by atoms with Crippen LogP contribution in [0.2, 0.25) is 0 Å². The zero-order valence-corrected chi connectivity index (χ0v) is 18.9. The molecule has 1 fully saturated rings. The van der Waals surface area contributed by atoms with Crippen LogP contribution in [0.3, 0.4) is 0 Å². The summed E-state index contributed by atoms with van der Waals surface area (Å²) in [6, 6.07) is 13.2. The second-order valence-corrected chi connectivity index (χ2v) is 10.1. The summed E-state index contributed by atoms with van der Waals surface area (Å²) in [7, 11) is -3.41. The van der Waals surface area contributed by atoms with Gasteiger partial charge >= 0.3 is 0 Å². The number of nitrogens with zero attached hydrogens (tertiary/aromatic N) is 1. The fourth-order valence-corrected chi connectivity index (χ4v) is 4.30. The molecule has 1 saturated heterocycles. The van der Waals surface area contributed by atoms with E-state index in [0.717, 1.165) is 36.4 Å². The van der Waals surface area contributed by atoms with Gasteiger partial charge in [0.05, 0.1) is 18.0 Å². The third kappa shape index (κ3) is 5.75. The van der Waals surface area contributed by atoms with Gasteiger partial charge in [0.25, 0.3) is 5.91 Å². The lowest BCUT2D eigenvalue weighted by atomic mass is 9.98. The van der Waals surface area contributed by atoms with Gasteiger partial charge in [-0.25, -0.2) is 8.42 Å². The Morgan fingerprint density at radius 2 is 1.73 bits per heavy atom. The molecule has 1 aliphatic rings. The predicted octanol–water partition coefficient (Wildman–Crippen LogP) is 4.09. The smallest absolute Gasteiger partial charge is 0.251 e. The van der Waals surface area contributed by atoms with Crippen molar-refractivity contribution >= 4 is 27.3 Å². The van der Waals surface area contributed by atoms with Gasteiger partial charge in [0, 0.05) is 24.3 Å². The van der Waals surface area contributed by atoms with Crippen LogP contribution < -0.4 is 14.9 Å². The Hall–Kier alpha value is -2.54. The van der Waals surface area contributed by atoms with Gasteiger partial charge in [-0.15, -0.1) is 0 Å². The summed E-state index contributed by atoms with van der Waals surface area (Å²) in [6.45, 7) is 8.22. The van der Waals surface area contributed by atoms with Crippen molar-refractivity contribution in [3.63, 3.8) is 0 Å². The summed E-state index contributed by atoms with van der Waals surface area (Å²) in [4.78, 5) is 15.1. The van der Waals surface area contributed by atoms with E-state index in [1.165, 1.54) is 18.5 Å². The molecule has 0 unspecified atom stereocenters. The zero-order valence-electron chi connectivity index (χ0n) is 18.1. The Balaban J connectivity index is 1.66. The lowest BCUT2D eigenvalue weighted by molar-refractivity contribution is 0.0940. The van der Waals surface area contributed by atoms with Crippen molar-refractivity contribution in [3.8, 4) is 0 Å². The van der Waals surface area contributed by atoms with Crippen LogP contribution in [-0.2, 0) is 10.0 Å². The topological polar surface area (TPSA) is 78.5 Å². The number of anilines is 2. The second-order valence-electron chi connectivity index (χ2n) is 8.36. The summed E-state index contributed by atoms with van der Waals surface area (Å²) >= 11 is 0. The van der Waals surface area contributed by atoms with E-state index in [0.29, 0.717) is 11.3 Å². The highest BCUT2D eigenvalue weighted by Gasteiger charge is 2.17. The van der Waals surface area contributed by atoms with Crippen LogP contribution in [0.1, 0.15) is 54.2 Å². The van der Waals surface area contributed by atoms with Gasteiger partial charge in [0.1, 0.15) is 0 Å². The SMILES string of the molecule is Cc1ccc(C(=O)N[C@@H](C)c2ccc(N3CCC(C)CC3)cc2)cc1NS(C)(=O)=O. The maximum absolute atomic E-state index is 12.7. The number of sulfonamides is 1. The van der Waals surface area contributed by atoms with Gasteiger partial charge < -0.3 is 10.2 Å². The molecule has 1 heterocycles. The molecule has 0 aromatic heterocycles. The van der Waals surface area contributed by atoms with Crippen LogP contribution in [0.4, 0.5) is 11.4 Å². The summed E-state index contributed by atoms with van der Waals surface area (Å²) < 4.78 is 25.5. The minimum absolute atomic E-state index is 0.166. The molecule has 1 aliphatic heterocycles. The molecule has 30 heavy (non-hydrogen) atoms. The van der Waals surface area contributed by atoms with E-state index in [-0.39, 0.29) is 11.9 Å². The maximum Gasteiger partial charge on any atom is 0.251 e. The summed E-state index contributed by atoms with van der Waals surface area (Å²) in [5.74, 6) is 0.554. The van der Waals surface area contributed by atoms with E-state index in [9.17, 15) is 13.2 Å². The number of rotatable bonds is 6. The average molecular weight is 430 g/mol. The summed E-state index contributed by atoms with van der Waals surface area (Å²) in [5.41, 5.74) is 3.83. The maximum atomic E-state index is 12.7.